The summed E-state index contributed by atoms with van der Waals surface area (Å²) in [5, 5.41) is 0.00826. The van der Waals surface area contributed by atoms with Crippen molar-refractivity contribution in [3.63, 3.8) is 0 Å². The fourth-order valence-corrected chi connectivity index (χ4v) is 2.08. The van der Waals surface area contributed by atoms with Gasteiger partial charge >= 0.3 is 6.18 Å². The molecule has 17 heavy (non-hydrogen) atoms. The zero-order valence-corrected chi connectivity index (χ0v) is 9.59. The second kappa shape index (κ2) is 4.34. The molecule has 0 saturated carbocycles. The molecule has 2 heterocycles. The Hall–Kier alpha value is -1.01. The van der Waals surface area contributed by atoms with Crippen molar-refractivity contribution in [3.8, 4) is 0 Å². The van der Waals surface area contributed by atoms with Gasteiger partial charge in [0.05, 0.1) is 10.6 Å². The van der Waals surface area contributed by atoms with Gasteiger partial charge in [-0.1, -0.05) is 11.6 Å². The fraction of sp³-hybridized carbons (Fsp3) is 0.500. The minimum Gasteiger partial charge on any atom is -0.354 e. The van der Waals surface area contributed by atoms with Gasteiger partial charge in [-0.15, -0.1) is 0 Å². The monoisotopic (exact) mass is 265 g/mol. The second-order valence-corrected chi connectivity index (χ2v) is 4.43. The number of anilines is 1. The first kappa shape index (κ1) is 12.4. The minimum absolute atomic E-state index is 0.00826. The standard InChI is InChI=1S/C10H11ClF3N3/c11-8-3-6(10(12,13)14)4-16-9(8)17-2-1-7(15)5-17/h3-4,7H,1-2,5,15H2. The molecule has 1 fully saturated rings. The predicted molar refractivity (Wildman–Crippen MR) is 59.1 cm³/mol. The van der Waals surface area contributed by atoms with Crippen LogP contribution in [0.1, 0.15) is 12.0 Å². The van der Waals surface area contributed by atoms with Crippen LogP contribution in [-0.4, -0.2) is 24.1 Å². The molecule has 1 saturated heterocycles. The lowest BCUT2D eigenvalue weighted by Gasteiger charge is -2.19. The molecule has 0 aromatic carbocycles. The van der Waals surface area contributed by atoms with Crippen molar-refractivity contribution in [2.45, 2.75) is 18.6 Å². The Morgan fingerprint density at radius 3 is 2.65 bits per heavy atom. The first-order chi connectivity index (χ1) is 7.88. The molecule has 1 unspecified atom stereocenters. The normalized spacial score (nSPS) is 21.0. The van der Waals surface area contributed by atoms with Gasteiger partial charge in [0.25, 0.3) is 0 Å². The molecule has 1 aromatic heterocycles. The van der Waals surface area contributed by atoms with E-state index in [-0.39, 0.29) is 11.1 Å². The molecule has 94 valence electrons. The van der Waals surface area contributed by atoms with E-state index in [0.29, 0.717) is 18.9 Å². The maximum Gasteiger partial charge on any atom is 0.417 e. The smallest absolute Gasteiger partial charge is 0.354 e. The van der Waals surface area contributed by atoms with E-state index < -0.39 is 11.7 Å². The molecule has 1 aliphatic rings. The average molecular weight is 266 g/mol. The first-order valence-corrected chi connectivity index (χ1v) is 5.49. The topological polar surface area (TPSA) is 42.1 Å². The Balaban J connectivity index is 2.26. The van der Waals surface area contributed by atoms with E-state index >= 15 is 0 Å². The van der Waals surface area contributed by atoms with Crippen LogP contribution in [0.25, 0.3) is 0 Å². The van der Waals surface area contributed by atoms with Gasteiger partial charge in [0, 0.05) is 25.3 Å². The summed E-state index contributed by atoms with van der Waals surface area (Å²) < 4.78 is 37.2. The van der Waals surface area contributed by atoms with Crippen LogP contribution in [0.15, 0.2) is 12.3 Å². The van der Waals surface area contributed by atoms with Crippen LogP contribution in [0, 0.1) is 0 Å². The van der Waals surface area contributed by atoms with Crippen LogP contribution >= 0.6 is 11.6 Å². The highest BCUT2D eigenvalue weighted by Crippen LogP contribution is 2.34. The van der Waals surface area contributed by atoms with Crippen LogP contribution in [-0.2, 0) is 6.18 Å². The van der Waals surface area contributed by atoms with Gasteiger partial charge in [0.1, 0.15) is 5.82 Å². The summed E-state index contributed by atoms with van der Waals surface area (Å²) in [7, 11) is 0. The molecule has 0 aliphatic carbocycles. The molecule has 1 aromatic rings. The number of nitrogens with two attached hydrogens (primary N) is 1. The highest BCUT2D eigenvalue weighted by molar-refractivity contribution is 6.33. The zero-order valence-electron chi connectivity index (χ0n) is 8.84. The molecular weight excluding hydrogens is 255 g/mol. The Bertz CT molecular complexity index is 422. The van der Waals surface area contributed by atoms with Gasteiger partial charge < -0.3 is 10.6 Å². The third kappa shape index (κ3) is 2.63. The number of hydrogen-bond donors (Lipinski definition) is 1. The first-order valence-electron chi connectivity index (χ1n) is 5.11. The third-order valence-electron chi connectivity index (χ3n) is 2.67. The fourth-order valence-electron chi connectivity index (χ4n) is 1.80. The number of nitrogens with zero attached hydrogens (tertiary/aromatic N) is 2. The third-order valence-corrected chi connectivity index (χ3v) is 2.95. The van der Waals surface area contributed by atoms with Gasteiger partial charge in [-0.25, -0.2) is 4.98 Å². The van der Waals surface area contributed by atoms with E-state index in [1.54, 1.807) is 4.90 Å². The molecule has 0 amide bonds. The molecule has 7 heteroatoms. The highest BCUT2D eigenvalue weighted by Gasteiger charge is 2.32. The molecule has 1 aliphatic heterocycles. The Morgan fingerprint density at radius 1 is 1.47 bits per heavy atom. The molecule has 0 spiro atoms. The average Bonchev–Trinajstić information content (AvgIpc) is 2.63. The van der Waals surface area contributed by atoms with E-state index in [9.17, 15) is 13.2 Å². The summed E-state index contributed by atoms with van der Waals surface area (Å²) in [6.45, 7) is 1.23. The lowest BCUT2D eigenvalue weighted by molar-refractivity contribution is -0.137. The molecule has 0 radical (unpaired) electrons. The van der Waals surface area contributed by atoms with Crippen molar-refractivity contribution in [2.75, 3.05) is 18.0 Å². The maximum absolute atomic E-state index is 12.4. The molecular formula is C10H11ClF3N3. The molecule has 2 rings (SSSR count). The summed E-state index contributed by atoms with van der Waals surface area (Å²) >= 11 is 5.82. The number of alkyl halides is 3. The van der Waals surface area contributed by atoms with Crippen molar-refractivity contribution < 1.29 is 13.2 Å². The summed E-state index contributed by atoms with van der Waals surface area (Å²) in [5.41, 5.74) is 4.88. The van der Waals surface area contributed by atoms with Gasteiger partial charge in [-0.05, 0) is 12.5 Å². The van der Waals surface area contributed by atoms with Gasteiger partial charge in [-0.3, -0.25) is 0 Å². The van der Waals surface area contributed by atoms with Gasteiger partial charge in [0.2, 0.25) is 0 Å². The van der Waals surface area contributed by atoms with Crippen LogP contribution < -0.4 is 10.6 Å². The van der Waals surface area contributed by atoms with Crippen molar-refractivity contribution in [3.05, 3.63) is 22.8 Å². The van der Waals surface area contributed by atoms with E-state index in [1.165, 1.54) is 0 Å². The van der Waals surface area contributed by atoms with Gasteiger partial charge in [-0.2, -0.15) is 13.2 Å². The highest BCUT2D eigenvalue weighted by atomic mass is 35.5. The van der Waals surface area contributed by atoms with Crippen LogP contribution in [0.4, 0.5) is 19.0 Å². The minimum atomic E-state index is -4.42. The van der Waals surface area contributed by atoms with Crippen LogP contribution in [0.2, 0.25) is 5.02 Å². The maximum atomic E-state index is 12.4. The number of rotatable bonds is 1. The summed E-state index contributed by atoms with van der Waals surface area (Å²) in [5.74, 6) is 0.368. The van der Waals surface area contributed by atoms with Crippen molar-refractivity contribution in [1.82, 2.24) is 4.98 Å². The molecule has 1 atom stereocenters. The van der Waals surface area contributed by atoms with E-state index in [1.807, 2.05) is 0 Å². The van der Waals surface area contributed by atoms with Crippen molar-refractivity contribution >= 4 is 17.4 Å². The number of aromatic nitrogens is 1. The summed E-state index contributed by atoms with van der Waals surface area (Å²) in [4.78, 5) is 5.58. The van der Waals surface area contributed by atoms with E-state index in [2.05, 4.69) is 4.98 Å². The Morgan fingerprint density at radius 2 is 2.18 bits per heavy atom. The number of halogens is 4. The Kier molecular flexibility index (Phi) is 3.18. The number of hydrogen-bond acceptors (Lipinski definition) is 3. The quantitative estimate of drug-likeness (QED) is 0.847. The van der Waals surface area contributed by atoms with Gasteiger partial charge in [0.15, 0.2) is 0 Å². The van der Waals surface area contributed by atoms with Crippen molar-refractivity contribution in [2.24, 2.45) is 5.73 Å². The van der Waals surface area contributed by atoms with E-state index in [4.69, 9.17) is 17.3 Å². The molecule has 2 N–H and O–H groups in total. The Labute approximate surface area is 101 Å². The summed E-state index contributed by atoms with van der Waals surface area (Å²) in [6, 6.07) is 0.920. The van der Waals surface area contributed by atoms with Crippen LogP contribution in [0.5, 0.6) is 0 Å². The zero-order chi connectivity index (χ0) is 12.6. The lowest BCUT2D eigenvalue weighted by atomic mass is 10.2. The van der Waals surface area contributed by atoms with Crippen LogP contribution in [0.3, 0.4) is 0 Å². The predicted octanol–water partition coefficient (Wildman–Crippen LogP) is 2.29. The molecule has 0 bridgehead atoms. The van der Waals surface area contributed by atoms with E-state index in [0.717, 1.165) is 18.7 Å². The van der Waals surface area contributed by atoms with Crippen molar-refractivity contribution in [1.29, 1.82) is 0 Å². The molecule has 3 nitrogen and oxygen atoms in total. The largest absolute Gasteiger partial charge is 0.417 e. The lowest BCUT2D eigenvalue weighted by Crippen LogP contribution is -2.27. The number of pyridine rings is 1. The summed E-state index contributed by atoms with van der Waals surface area (Å²) in [6.07, 6.45) is -2.83. The SMILES string of the molecule is NC1CCN(c2ncc(C(F)(F)F)cc2Cl)C1. The second-order valence-electron chi connectivity index (χ2n) is 4.02.